The fourth-order valence-electron chi connectivity index (χ4n) is 1.52. The number of carbonyl (C=O) groups is 1. The molecule has 1 aromatic rings. The number of nitro groups is 2. The Morgan fingerprint density at radius 1 is 1.25 bits per heavy atom. The van der Waals surface area contributed by atoms with Gasteiger partial charge in [0.15, 0.2) is 0 Å². The van der Waals surface area contributed by atoms with Crippen LogP contribution in [0.5, 0.6) is 0 Å². The molecule has 0 N–H and O–H groups in total. The van der Waals surface area contributed by atoms with Gasteiger partial charge in [0.1, 0.15) is 0 Å². The molecule has 8 nitrogen and oxygen atoms in total. The summed E-state index contributed by atoms with van der Waals surface area (Å²) in [6.45, 7) is 2.20. The summed E-state index contributed by atoms with van der Waals surface area (Å²) in [7, 11) is 0. The first-order valence-electron chi connectivity index (χ1n) is 6.03. The van der Waals surface area contributed by atoms with E-state index in [4.69, 9.17) is 4.74 Å². The third-order valence-corrected chi connectivity index (χ3v) is 2.57. The van der Waals surface area contributed by atoms with Gasteiger partial charge in [-0.3, -0.25) is 25.0 Å². The zero-order chi connectivity index (χ0) is 15.1. The van der Waals surface area contributed by atoms with E-state index < -0.39 is 21.5 Å². The van der Waals surface area contributed by atoms with Gasteiger partial charge in [-0.15, -0.1) is 0 Å². The summed E-state index contributed by atoms with van der Waals surface area (Å²) in [5, 5.41) is 21.4. The van der Waals surface area contributed by atoms with Crippen molar-refractivity contribution in [1.29, 1.82) is 0 Å². The van der Waals surface area contributed by atoms with E-state index in [0.29, 0.717) is 6.42 Å². The largest absolute Gasteiger partial charge is 0.465 e. The Morgan fingerprint density at radius 3 is 2.50 bits per heavy atom. The maximum Gasteiger partial charge on any atom is 0.310 e. The summed E-state index contributed by atoms with van der Waals surface area (Å²) in [6, 6.07) is 3.17. The molecule has 0 fully saturated rings. The van der Waals surface area contributed by atoms with Crippen LogP contribution in [0.4, 0.5) is 11.4 Å². The molecule has 0 amide bonds. The van der Waals surface area contributed by atoms with E-state index in [1.165, 1.54) is 6.07 Å². The number of benzene rings is 1. The molecular formula is C12H14N2O6. The van der Waals surface area contributed by atoms with Crippen molar-refractivity contribution in [3.05, 3.63) is 44.0 Å². The van der Waals surface area contributed by atoms with Gasteiger partial charge in [-0.25, -0.2) is 0 Å². The number of hydrogen-bond donors (Lipinski definition) is 0. The van der Waals surface area contributed by atoms with E-state index in [0.717, 1.165) is 18.6 Å². The van der Waals surface area contributed by atoms with Gasteiger partial charge >= 0.3 is 5.97 Å². The number of nitrogens with zero attached hydrogens (tertiary/aromatic N) is 2. The molecule has 0 bridgehead atoms. The second-order valence-corrected chi connectivity index (χ2v) is 4.08. The molecule has 1 aromatic carbocycles. The number of hydrogen-bond acceptors (Lipinski definition) is 6. The number of non-ortho nitro benzene ring substituents is 1. The zero-order valence-corrected chi connectivity index (χ0v) is 10.9. The highest BCUT2D eigenvalue weighted by atomic mass is 16.6. The molecule has 0 aliphatic carbocycles. The molecular weight excluding hydrogens is 268 g/mol. The molecule has 0 saturated heterocycles. The molecule has 0 unspecified atom stereocenters. The number of ether oxygens (including phenoxy) is 1. The number of unbranched alkanes of at least 4 members (excludes halogenated alkanes) is 1. The molecule has 0 aliphatic heterocycles. The van der Waals surface area contributed by atoms with Crippen LogP contribution in [0.15, 0.2) is 18.2 Å². The smallest absolute Gasteiger partial charge is 0.310 e. The summed E-state index contributed by atoms with van der Waals surface area (Å²) in [6.07, 6.45) is 1.30. The average molecular weight is 282 g/mol. The Hall–Kier alpha value is -2.51. The van der Waals surface area contributed by atoms with Crippen LogP contribution in [0.25, 0.3) is 0 Å². The quantitative estimate of drug-likeness (QED) is 0.328. The molecule has 20 heavy (non-hydrogen) atoms. The zero-order valence-electron chi connectivity index (χ0n) is 10.9. The lowest BCUT2D eigenvalue weighted by atomic mass is 10.1. The lowest BCUT2D eigenvalue weighted by molar-refractivity contribution is -0.394. The second-order valence-electron chi connectivity index (χ2n) is 4.08. The van der Waals surface area contributed by atoms with Crippen molar-refractivity contribution in [2.75, 3.05) is 6.61 Å². The first-order chi connectivity index (χ1) is 9.45. The fraction of sp³-hybridized carbons (Fsp3) is 0.417. The van der Waals surface area contributed by atoms with E-state index in [2.05, 4.69) is 0 Å². The average Bonchev–Trinajstić information content (AvgIpc) is 2.38. The van der Waals surface area contributed by atoms with Crippen LogP contribution < -0.4 is 0 Å². The van der Waals surface area contributed by atoms with Crippen LogP contribution in [0.1, 0.15) is 25.3 Å². The van der Waals surface area contributed by atoms with E-state index in [1.54, 1.807) is 0 Å². The van der Waals surface area contributed by atoms with Crippen molar-refractivity contribution < 1.29 is 19.4 Å². The summed E-state index contributed by atoms with van der Waals surface area (Å²) < 4.78 is 4.90. The van der Waals surface area contributed by atoms with Gasteiger partial charge in [-0.05, 0) is 12.5 Å². The van der Waals surface area contributed by atoms with Crippen LogP contribution >= 0.6 is 0 Å². The molecule has 8 heteroatoms. The third-order valence-electron chi connectivity index (χ3n) is 2.57. The van der Waals surface area contributed by atoms with Crippen molar-refractivity contribution in [3.63, 3.8) is 0 Å². The molecule has 0 spiro atoms. The van der Waals surface area contributed by atoms with E-state index in [-0.39, 0.29) is 24.3 Å². The lowest BCUT2D eigenvalue weighted by Gasteiger charge is -2.04. The Labute approximate surface area is 114 Å². The van der Waals surface area contributed by atoms with Crippen molar-refractivity contribution in [1.82, 2.24) is 0 Å². The highest BCUT2D eigenvalue weighted by Crippen LogP contribution is 2.25. The van der Waals surface area contributed by atoms with E-state index in [9.17, 15) is 25.0 Å². The van der Waals surface area contributed by atoms with Gasteiger partial charge in [0.25, 0.3) is 11.4 Å². The normalized spacial score (nSPS) is 10.1. The first kappa shape index (κ1) is 15.5. The van der Waals surface area contributed by atoms with Crippen LogP contribution in [0.2, 0.25) is 0 Å². The van der Waals surface area contributed by atoms with Gasteiger partial charge in [-0.1, -0.05) is 13.3 Å². The Morgan fingerprint density at radius 2 is 1.95 bits per heavy atom. The maximum atomic E-state index is 11.5. The SMILES string of the molecule is CCCCOC(=O)Cc1ccc([N+](=O)[O-])cc1[N+](=O)[O-]. The minimum atomic E-state index is -0.748. The standard InChI is InChI=1S/C12H14N2O6/c1-2-3-6-20-12(15)7-9-4-5-10(13(16)17)8-11(9)14(18)19/h4-5,8H,2-3,6-7H2,1H3. The highest BCUT2D eigenvalue weighted by molar-refractivity contribution is 5.74. The molecule has 0 saturated carbocycles. The molecule has 108 valence electrons. The van der Waals surface area contributed by atoms with Crippen LogP contribution in [0, 0.1) is 20.2 Å². The predicted molar refractivity (Wildman–Crippen MR) is 69.3 cm³/mol. The van der Waals surface area contributed by atoms with Crippen molar-refractivity contribution in [2.45, 2.75) is 26.2 Å². The lowest BCUT2D eigenvalue weighted by Crippen LogP contribution is -2.10. The Bertz CT molecular complexity index is 529. The Balaban J connectivity index is 2.86. The van der Waals surface area contributed by atoms with Gasteiger partial charge in [0.2, 0.25) is 0 Å². The van der Waals surface area contributed by atoms with Gasteiger partial charge in [0.05, 0.1) is 28.9 Å². The monoisotopic (exact) mass is 282 g/mol. The van der Waals surface area contributed by atoms with Crippen LogP contribution in [-0.4, -0.2) is 22.4 Å². The fourth-order valence-corrected chi connectivity index (χ4v) is 1.52. The number of rotatable bonds is 7. The van der Waals surface area contributed by atoms with Crippen LogP contribution in [-0.2, 0) is 16.0 Å². The minimum Gasteiger partial charge on any atom is -0.465 e. The first-order valence-corrected chi connectivity index (χ1v) is 6.03. The summed E-state index contributed by atoms with van der Waals surface area (Å²) in [4.78, 5) is 31.5. The summed E-state index contributed by atoms with van der Waals surface area (Å²) >= 11 is 0. The van der Waals surface area contributed by atoms with Crippen molar-refractivity contribution in [2.24, 2.45) is 0 Å². The maximum absolute atomic E-state index is 11.5. The molecule has 0 heterocycles. The Kier molecular flexibility index (Phi) is 5.57. The van der Waals surface area contributed by atoms with Crippen LogP contribution in [0.3, 0.4) is 0 Å². The number of nitro benzene ring substituents is 2. The van der Waals surface area contributed by atoms with E-state index >= 15 is 0 Å². The predicted octanol–water partition coefficient (Wildman–Crippen LogP) is 2.39. The second kappa shape index (κ2) is 7.17. The molecule has 0 aliphatic rings. The van der Waals surface area contributed by atoms with E-state index in [1.807, 2.05) is 6.92 Å². The molecule has 0 aromatic heterocycles. The van der Waals surface area contributed by atoms with Gasteiger partial charge < -0.3 is 4.74 Å². The van der Waals surface area contributed by atoms with Crippen molar-refractivity contribution in [3.8, 4) is 0 Å². The minimum absolute atomic E-state index is 0.0992. The molecule has 0 radical (unpaired) electrons. The highest BCUT2D eigenvalue weighted by Gasteiger charge is 2.21. The molecule has 0 atom stereocenters. The number of esters is 1. The van der Waals surface area contributed by atoms with Gasteiger partial charge in [-0.2, -0.15) is 0 Å². The number of carbonyl (C=O) groups excluding carboxylic acids is 1. The van der Waals surface area contributed by atoms with Gasteiger partial charge in [0, 0.05) is 11.6 Å². The topological polar surface area (TPSA) is 113 Å². The summed E-state index contributed by atoms with van der Waals surface area (Å²) in [5.41, 5.74) is -0.742. The summed E-state index contributed by atoms with van der Waals surface area (Å²) in [5.74, 6) is -0.588. The van der Waals surface area contributed by atoms with Crippen molar-refractivity contribution >= 4 is 17.3 Å². The third kappa shape index (κ3) is 4.30. The molecule has 1 rings (SSSR count).